The van der Waals surface area contributed by atoms with Crippen LogP contribution in [0.1, 0.15) is 30.0 Å². The Labute approximate surface area is 160 Å². The van der Waals surface area contributed by atoms with Crippen molar-refractivity contribution in [2.45, 2.75) is 25.3 Å². The quantitative estimate of drug-likeness (QED) is 0.685. The molecule has 3 aromatic rings. The SMILES string of the molecule is COc1ccc(OC)c(CN2CCC(c3cc4ncccc4cn3)CC2)c1. The van der Waals surface area contributed by atoms with Crippen LogP contribution < -0.4 is 9.47 Å². The number of rotatable bonds is 5. The molecule has 1 fully saturated rings. The van der Waals surface area contributed by atoms with E-state index in [1.54, 1.807) is 14.2 Å². The number of aromatic nitrogens is 2. The second kappa shape index (κ2) is 7.92. The fourth-order valence-corrected chi connectivity index (χ4v) is 3.84. The summed E-state index contributed by atoms with van der Waals surface area (Å²) in [5.41, 5.74) is 3.37. The fourth-order valence-electron chi connectivity index (χ4n) is 3.84. The Morgan fingerprint density at radius 1 is 1.04 bits per heavy atom. The molecule has 0 atom stereocenters. The molecule has 27 heavy (non-hydrogen) atoms. The number of piperidine rings is 1. The van der Waals surface area contributed by atoms with Gasteiger partial charge in [-0.25, -0.2) is 0 Å². The number of likely N-dealkylation sites (tertiary alicyclic amines) is 1. The summed E-state index contributed by atoms with van der Waals surface area (Å²) in [6, 6.07) is 12.2. The first-order chi connectivity index (χ1) is 13.3. The molecule has 0 spiro atoms. The van der Waals surface area contributed by atoms with Gasteiger partial charge in [-0.1, -0.05) is 0 Å². The zero-order valence-electron chi connectivity index (χ0n) is 15.9. The van der Waals surface area contributed by atoms with Gasteiger partial charge in [-0.15, -0.1) is 0 Å². The molecule has 5 heteroatoms. The van der Waals surface area contributed by atoms with Gasteiger partial charge in [0.25, 0.3) is 0 Å². The van der Waals surface area contributed by atoms with E-state index in [1.807, 2.05) is 30.6 Å². The first-order valence-electron chi connectivity index (χ1n) is 9.41. The lowest BCUT2D eigenvalue weighted by Gasteiger charge is -2.32. The maximum Gasteiger partial charge on any atom is 0.123 e. The van der Waals surface area contributed by atoms with Crippen molar-refractivity contribution in [3.63, 3.8) is 0 Å². The summed E-state index contributed by atoms with van der Waals surface area (Å²) in [5, 5.41) is 1.10. The van der Waals surface area contributed by atoms with Crippen LogP contribution in [-0.4, -0.2) is 42.2 Å². The molecule has 1 saturated heterocycles. The molecule has 3 heterocycles. The van der Waals surface area contributed by atoms with Crippen molar-refractivity contribution >= 4 is 10.9 Å². The number of hydrogen-bond donors (Lipinski definition) is 0. The Morgan fingerprint density at radius 2 is 1.89 bits per heavy atom. The molecule has 0 N–H and O–H groups in total. The Bertz CT molecular complexity index is 920. The second-order valence-electron chi connectivity index (χ2n) is 7.03. The highest BCUT2D eigenvalue weighted by Gasteiger charge is 2.22. The van der Waals surface area contributed by atoms with Crippen LogP contribution >= 0.6 is 0 Å². The smallest absolute Gasteiger partial charge is 0.123 e. The van der Waals surface area contributed by atoms with E-state index in [1.165, 1.54) is 11.3 Å². The standard InChI is InChI=1S/C22H25N3O2/c1-26-19-5-6-22(27-2)18(12-19)15-25-10-7-16(8-11-25)20-13-21-17(14-24-20)4-3-9-23-21/h3-6,9,12-14,16H,7-8,10-11,15H2,1-2H3. The summed E-state index contributed by atoms with van der Waals surface area (Å²) in [6.45, 7) is 2.97. The molecule has 0 radical (unpaired) electrons. The topological polar surface area (TPSA) is 47.5 Å². The van der Waals surface area contributed by atoms with Gasteiger partial charge in [0.2, 0.25) is 0 Å². The van der Waals surface area contributed by atoms with E-state index in [2.05, 4.69) is 28.1 Å². The van der Waals surface area contributed by atoms with E-state index in [0.29, 0.717) is 5.92 Å². The van der Waals surface area contributed by atoms with Crippen LogP contribution in [0, 0.1) is 0 Å². The van der Waals surface area contributed by atoms with Crippen LogP contribution in [0.3, 0.4) is 0 Å². The highest BCUT2D eigenvalue weighted by atomic mass is 16.5. The molecule has 0 amide bonds. The molecule has 0 unspecified atom stereocenters. The molecule has 2 aromatic heterocycles. The van der Waals surface area contributed by atoms with E-state index < -0.39 is 0 Å². The van der Waals surface area contributed by atoms with Gasteiger partial charge in [-0.3, -0.25) is 14.9 Å². The van der Waals surface area contributed by atoms with Crippen LogP contribution in [0.2, 0.25) is 0 Å². The predicted octanol–water partition coefficient (Wildman–Crippen LogP) is 4.03. The first kappa shape index (κ1) is 17.7. The van der Waals surface area contributed by atoms with Gasteiger partial charge < -0.3 is 9.47 Å². The number of fused-ring (bicyclic) bond motifs is 1. The van der Waals surface area contributed by atoms with Gasteiger partial charge in [0, 0.05) is 41.5 Å². The molecule has 1 aromatic carbocycles. The van der Waals surface area contributed by atoms with Gasteiger partial charge in [-0.05, 0) is 62.3 Å². The zero-order chi connectivity index (χ0) is 18.6. The summed E-state index contributed by atoms with van der Waals surface area (Å²) in [6.07, 6.45) is 6.01. The maximum absolute atomic E-state index is 5.52. The summed E-state index contributed by atoms with van der Waals surface area (Å²) >= 11 is 0. The molecule has 1 aliphatic rings. The molecule has 1 aliphatic heterocycles. The fraction of sp³-hybridized carbons (Fsp3) is 0.364. The average Bonchev–Trinajstić information content (AvgIpc) is 2.74. The molecule has 0 saturated carbocycles. The minimum Gasteiger partial charge on any atom is -0.497 e. The average molecular weight is 363 g/mol. The van der Waals surface area contributed by atoms with Gasteiger partial charge in [-0.2, -0.15) is 0 Å². The summed E-state index contributed by atoms with van der Waals surface area (Å²) < 4.78 is 10.9. The molecule has 4 rings (SSSR count). The van der Waals surface area contributed by atoms with Crippen molar-refractivity contribution in [3.05, 3.63) is 60.0 Å². The zero-order valence-corrected chi connectivity index (χ0v) is 15.9. The van der Waals surface area contributed by atoms with Gasteiger partial charge in [0.15, 0.2) is 0 Å². The number of hydrogen-bond acceptors (Lipinski definition) is 5. The summed E-state index contributed by atoms with van der Waals surface area (Å²) in [5.74, 6) is 2.29. The van der Waals surface area contributed by atoms with Crippen LogP contribution in [0.25, 0.3) is 10.9 Å². The van der Waals surface area contributed by atoms with Crippen molar-refractivity contribution in [2.75, 3.05) is 27.3 Å². The van der Waals surface area contributed by atoms with Gasteiger partial charge in [0.1, 0.15) is 11.5 Å². The predicted molar refractivity (Wildman–Crippen MR) is 106 cm³/mol. The lowest BCUT2D eigenvalue weighted by atomic mass is 9.92. The molecular weight excluding hydrogens is 338 g/mol. The third kappa shape index (κ3) is 3.88. The Balaban J connectivity index is 1.43. The van der Waals surface area contributed by atoms with E-state index in [-0.39, 0.29) is 0 Å². The van der Waals surface area contributed by atoms with Gasteiger partial charge in [0.05, 0.1) is 19.7 Å². The van der Waals surface area contributed by atoms with Crippen LogP contribution in [0.5, 0.6) is 11.5 Å². The molecule has 140 valence electrons. The largest absolute Gasteiger partial charge is 0.497 e. The molecule has 0 aliphatic carbocycles. The van der Waals surface area contributed by atoms with Crippen LogP contribution in [0.4, 0.5) is 0 Å². The van der Waals surface area contributed by atoms with Crippen molar-refractivity contribution in [1.29, 1.82) is 0 Å². The number of ether oxygens (including phenoxy) is 2. The number of nitrogens with zero attached hydrogens (tertiary/aromatic N) is 3. The monoisotopic (exact) mass is 363 g/mol. The van der Waals surface area contributed by atoms with E-state index in [0.717, 1.165) is 54.9 Å². The highest BCUT2D eigenvalue weighted by molar-refractivity contribution is 5.77. The van der Waals surface area contributed by atoms with Gasteiger partial charge >= 0.3 is 0 Å². The van der Waals surface area contributed by atoms with Crippen molar-refractivity contribution < 1.29 is 9.47 Å². The number of pyridine rings is 2. The van der Waals surface area contributed by atoms with E-state index in [9.17, 15) is 0 Å². The lowest BCUT2D eigenvalue weighted by molar-refractivity contribution is 0.201. The minimum atomic E-state index is 0.500. The van der Waals surface area contributed by atoms with E-state index >= 15 is 0 Å². The second-order valence-corrected chi connectivity index (χ2v) is 7.03. The third-order valence-corrected chi connectivity index (χ3v) is 5.40. The summed E-state index contributed by atoms with van der Waals surface area (Å²) in [4.78, 5) is 11.6. The highest BCUT2D eigenvalue weighted by Crippen LogP contribution is 2.31. The molecule has 0 bridgehead atoms. The Kier molecular flexibility index (Phi) is 5.21. The van der Waals surface area contributed by atoms with Crippen LogP contribution in [-0.2, 0) is 6.54 Å². The lowest BCUT2D eigenvalue weighted by Crippen LogP contribution is -2.32. The maximum atomic E-state index is 5.52. The Hall–Kier alpha value is -2.66. The van der Waals surface area contributed by atoms with Crippen LogP contribution in [0.15, 0.2) is 48.8 Å². The van der Waals surface area contributed by atoms with Crippen molar-refractivity contribution in [1.82, 2.24) is 14.9 Å². The Morgan fingerprint density at radius 3 is 2.67 bits per heavy atom. The third-order valence-electron chi connectivity index (χ3n) is 5.40. The molecular formula is C22H25N3O2. The van der Waals surface area contributed by atoms with E-state index in [4.69, 9.17) is 14.5 Å². The molecule has 5 nitrogen and oxygen atoms in total. The number of benzene rings is 1. The van der Waals surface area contributed by atoms with Crippen molar-refractivity contribution in [3.8, 4) is 11.5 Å². The normalized spacial score (nSPS) is 15.8. The summed E-state index contributed by atoms with van der Waals surface area (Å²) in [7, 11) is 3.42. The van der Waals surface area contributed by atoms with Crippen molar-refractivity contribution in [2.24, 2.45) is 0 Å². The first-order valence-corrected chi connectivity index (χ1v) is 9.41. The minimum absolute atomic E-state index is 0.500. The number of methoxy groups -OCH3 is 2.